The van der Waals surface area contributed by atoms with Crippen LogP contribution in [0.4, 0.5) is 0 Å². The maximum Gasteiger partial charge on any atom is 0.167 e. The predicted octanol–water partition coefficient (Wildman–Crippen LogP) is 12.2. The Hall–Kier alpha value is -7.05. The van der Waals surface area contributed by atoms with E-state index in [1.807, 2.05) is 103 Å². The smallest absolute Gasteiger partial charge is 0.167 e. The highest BCUT2D eigenvalue weighted by Crippen LogP contribution is 2.41. The average molecular weight is 656 g/mol. The summed E-state index contributed by atoms with van der Waals surface area (Å²) in [6.45, 7) is 0. The zero-order chi connectivity index (χ0) is 33.5. The molecule has 11 rings (SSSR count). The molecule has 11 aromatic rings. The van der Waals surface area contributed by atoms with Crippen molar-refractivity contribution in [2.75, 3.05) is 0 Å². The standard InChI is InChI=1S/C45H25N3O3/c1-2-10-26(11-3-1)43-46-44(28-20-22-31-30-12-4-6-17-36(30)50-40(31)25-28)48-45(47-43)34-16-8-15-32-35-24-27(21-23-38(35)51-42(32)34)29-14-9-19-39-41(29)33-13-5-7-18-37(33)49-39/h1-25H. The number of aromatic nitrogens is 3. The Balaban J connectivity index is 1.09. The Morgan fingerprint density at radius 1 is 0.314 bits per heavy atom. The molecule has 0 saturated heterocycles. The molecule has 0 atom stereocenters. The summed E-state index contributed by atoms with van der Waals surface area (Å²) in [4.78, 5) is 15.1. The average Bonchev–Trinajstić information content (AvgIpc) is 3.88. The molecule has 0 fully saturated rings. The molecule has 6 nitrogen and oxygen atoms in total. The highest BCUT2D eigenvalue weighted by atomic mass is 16.3. The summed E-state index contributed by atoms with van der Waals surface area (Å²) in [5, 5.41) is 6.34. The van der Waals surface area contributed by atoms with E-state index in [1.54, 1.807) is 0 Å². The molecule has 0 unspecified atom stereocenters. The Kier molecular flexibility index (Phi) is 5.86. The number of fused-ring (bicyclic) bond motifs is 9. The first-order chi connectivity index (χ1) is 25.2. The fraction of sp³-hybridized carbons (Fsp3) is 0. The van der Waals surface area contributed by atoms with Crippen molar-refractivity contribution < 1.29 is 13.3 Å². The van der Waals surface area contributed by atoms with Gasteiger partial charge in [0.25, 0.3) is 0 Å². The third-order valence-corrected chi connectivity index (χ3v) is 9.76. The van der Waals surface area contributed by atoms with Gasteiger partial charge in [-0.3, -0.25) is 0 Å². The molecule has 0 aliphatic rings. The molecule has 4 aromatic heterocycles. The van der Waals surface area contributed by atoms with E-state index in [2.05, 4.69) is 48.5 Å². The molecule has 0 aliphatic carbocycles. The van der Waals surface area contributed by atoms with Crippen molar-refractivity contribution in [2.45, 2.75) is 0 Å². The van der Waals surface area contributed by atoms with Crippen LogP contribution in [0, 0.1) is 0 Å². The molecule has 0 radical (unpaired) electrons. The van der Waals surface area contributed by atoms with Crippen molar-refractivity contribution in [3.05, 3.63) is 152 Å². The molecule has 7 aromatic carbocycles. The van der Waals surface area contributed by atoms with Crippen molar-refractivity contribution in [1.29, 1.82) is 0 Å². The number of benzene rings is 7. The first-order valence-corrected chi connectivity index (χ1v) is 16.8. The Labute approximate surface area is 290 Å². The first-order valence-electron chi connectivity index (χ1n) is 16.8. The van der Waals surface area contributed by atoms with Crippen LogP contribution in [0.3, 0.4) is 0 Å². The molecule has 51 heavy (non-hydrogen) atoms. The summed E-state index contributed by atoms with van der Waals surface area (Å²) in [5.74, 6) is 1.66. The van der Waals surface area contributed by atoms with Crippen molar-refractivity contribution in [3.63, 3.8) is 0 Å². The van der Waals surface area contributed by atoms with Gasteiger partial charge in [-0.25, -0.2) is 15.0 Å². The Bertz CT molecular complexity index is 3150. The monoisotopic (exact) mass is 655 g/mol. The molecule has 0 spiro atoms. The zero-order valence-corrected chi connectivity index (χ0v) is 27.0. The summed E-state index contributed by atoms with van der Waals surface area (Å²) < 4.78 is 19.0. The van der Waals surface area contributed by atoms with Gasteiger partial charge < -0.3 is 13.3 Å². The number of hydrogen-bond acceptors (Lipinski definition) is 6. The van der Waals surface area contributed by atoms with E-state index < -0.39 is 0 Å². The van der Waals surface area contributed by atoms with Crippen LogP contribution in [0.5, 0.6) is 0 Å². The molecule has 0 saturated carbocycles. The van der Waals surface area contributed by atoms with Crippen LogP contribution in [-0.2, 0) is 0 Å². The van der Waals surface area contributed by atoms with Crippen LogP contribution in [0.15, 0.2) is 165 Å². The molecular formula is C45H25N3O3. The summed E-state index contributed by atoms with van der Waals surface area (Å²) in [7, 11) is 0. The lowest BCUT2D eigenvalue weighted by Gasteiger charge is -2.09. The number of nitrogens with zero attached hydrogens (tertiary/aromatic N) is 3. The van der Waals surface area contributed by atoms with Crippen molar-refractivity contribution in [1.82, 2.24) is 15.0 Å². The van der Waals surface area contributed by atoms with Crippen LogP contribution in [0.2, 0.25) is 0 Å². The SMILES string of the molecule is c1ccc(-c2nc(-c3ccc4c(c3)oc3ccccc34)nc(-c3cccc4c3oc3ccc(-c5cccc6oc7ccccc7c56)cc34)n2)cc1. The molecule has 4 heterocycles. The van der Waals surface area contributed by atoms with Gasteiger partial charge in [-0.15, -0.1) is 0 Å². The van der Waals surface area contributed by atoms with Crippen LogP contribution in [0.1, 0.15) is 0 Å². The van der Waals surface area contributed by atoms with Crippen molar-refractivity contribution >= 4 is 65.8 Å². The topological polar surface area (TPSA) is 78.1 Å². The maximum absolute atomic E-state index is 6.62. The quantitative estimate of drug-likeness (QED) is 0.188. The second-order valence-corrected chi connectivity index (χ2v) is 12.8. The Morgan fingerprint density at radius 3 is 1.80 bits per heavy atom. The van der Waals surface area contributed by atoms with E-state index in [-0.39, 0.29) is 0 Å². The summed E-state index contributed by atoms with van der Waals surface area (Å²) >= 11 is 0. The third-order valence-electron chi connectivity index (χ3n) is 9.76. The van der Waals surface area contributed by atoms with Crippen molar-refractivity contribution in [2.24, 2.45) is 0 Å². The summed E-state index contributed by atoms with van der Waals surface area (Å²) in [5.41, 5.74) is 9.61. The largest absolute Gasteiger partial charge is 0.456 e. The number of para-hydroxylation sites is 3. The van der Waals surface area contributed by atoms with Gasteiger partial charge in [0, 0.05) is 43.4 Å². The van der Waals surface area contributed by atoms with E-state index >= 15 is 0 Å². The maximum atomic E-state index is 6.62. The molecular weight excluding hydrogens is 631 g/mol. The fourth-order valence-corrected chi connectivity index (χ4v) is 7.36. The fourth-order valence-electron chi connectivity index (χ4n) is 7.36. The van der Waals surface area contributed by atoms with E-state index in [4.69, 9.17) is 28.2 Å². The highest BCUT2D eigenvalue weighted by molar-refractivity contribution is 6.15. The Morgan fingerprint density at radius 2 is 0.922 bits per heavy atom. The second kappa shape index (κ2) is 10.7. The van der Waals surface area contributed by atoms with Gasteiger partial charge in [0.2, 0.25) is 0 Å². The minimum atomic E-state index is 0.531. The molecule has 0 amide bonds. The predicted molar refractivity (Wildman–Crippen MR) is 203 cm³/mol. The van der Waals surface area contributed by atoms with E-state index in [0.29, 0.717) is 17.5 Å². The number of hydrogen-bond donors (Lipinski definition) is 0. The minimum absolute atomic E-state index is 0.531. The van der Waals surface area contributed by atoms with Gasteiger partial charge in [0.05, 0.1) is 5.56 Å². The molecule has 6 heteroatoms. The van der Waals surface area contributed by atoms with Gasteiger partial charge in [0.1, 0.15) is 33.5 Å². The van der Waals surface area contributed by atoms with Gasteiger partial charge >= 0.3 is 0 Å². The lowest BCUT2D eigenvalue weighted by Crippen LogP contribution is -2.00. The number of rotatable bonds is 4. The zero-order valence-electron chi connectivity index (χ0n) is 27.0. The molecule has 0 N–H and O–H groups in total. The highest BCUT2D eigenvalue weighted by Gasteiger charge is 2.20. The lowest BCUT2D eigenvalue weighted by atomic mass is 9.97. The molecule has 0 aliphatic heterocycles. The van der Waals surface area contributed by atoms with Crippen LogP contribution in [-0.4, -0.2) is 15.0 Å². The summed E-state index contributed by atoms with van der Waals surface area (Å²) in [6.07, 6.45) is 0. The van der Waals surface area contributed by atoms with Gasteiger partial charge in [-0.2, -0.15) is 0 Å². The normalized spacial score (nSPS) is 11.9. The van der Waals surface area contributed by atoms with Crippen LogP contribution >= 0.6 is 0 Å². The van der Waals surface area contributed by atoms with Gasteiger partial charge in [0.15, 0.2) is 17.5 Å². The first kappa shape index (κ1) is 27.9. The second-order valence-electron chi connectivity index (χ2n) is 12.8. The van der Waals surface area contributed by atoms with Crippen LogP contribution in [0.25, 0.3) is 111 Å². The van der Waals surface area contributed by atoms with Gasteiger partial charge in [-0.05, 0) is 59.7 Å². The molecule has 0 bridgehead atoms. The summed E-state index contributed by atoms with van der Waals surface area (Å²) in [6, 6.07) is 51.1. The minimum Gasteiger partial charge on any atom is -0.456 e. The van der Waals surface area contributed by atoms with E-state index in [0.717, 1.165) is 93.6 Å². The lowest BCUT2D eigenvalue weighted by molar-refractivity contribution is 0.668. The van der Waals surface area contributed by atoms with E-state index in [1.165, 1.54) is 0 Å². The van der Waals surface area contributed by atoms with Gasteiger partial charge in [-0.1, -0.05) is 103 Å². The van der Waals surface area contributed by atoms with Crippen LogP contribution < -0.4 is 0 Å². The molecule has 238 valence electrons. The van der Waals surface area contributed by atoms with Crippen molar-refractivity contribution in [3.8, 4) is 45.3 Å². The number of furan rings is 3. The third kappa shape index (κ3) is 4.33. The van der Waals surface area contributed by atoms with E-state index in [9.17, 15) is 0 Å².